The predicted molar refractivity (Wildman–Crippen MR) is 77.5 cm³/mol. The molecule has 0 saturated carbocycles. The minimum Gasteiger partial charge on any atom is -0.382 e. The topological polar surface area (TPSA) is 50.2 Å². The molecular formula is C15H17FN4O. The summed E-state index contributed by atoms with van der Waals surface area (Å²) in [5, 5.41) is 2.94. The Morgan fingerprint density at radius 1 is 1.43 bits per heavy atom. The number of hydrogen-bond acceptors (Lipinski definition) is 3. The first kappa shape index (κ1) is 13.6. The lowest BCUT2D eigenvalue weighted by Gasteiger charge is -2.28. The third-order valence-corrected chi connectivity index (χ3v) is 3.63. The van der Waals surface area contributed by atoms with Crippen LogP contribution < -0.4 is 5.32 Å². The van der Waals surface area contributed by atoms with E-state index in [1.165, 1.54) is 6.07 Å². The van der Waals surface area contributed by atoms with Crippen LogP contribution in [0.2, 0.25) is 0 Å². The molecule has 2 heterocycles. The molecule has 0 fully saturated rings. The summed E-state index contributed by atoms with van der Waals surface area (Å²) in [5.41, 5.74) is 0.649. The zero-order valence-electron chi connectivity index (χ0n) is 11.8. The molecule has 0 radical (unpaired) electrons. The van der Waals surface area contributed by atoms with Crippen molar-refractivity contribution in [2.45, 2.75) is 20.0 Å². The van der Waals surface area contributed by atoms with Crippen LogP contribution in [0.1, 0.15) is 23.1 Å². The maximum atomic E-state index is 13.9. The Kier molecular flexibility index (Phi) is 3.60. The van der Waals surface area contributed by atoms with Gasteiger partial charge in [-0.25, -0.2) is 9.37 Å². The Hall–Kier alpha value is -2.37. The minimum absolute atomic E-state index is 0.167. The van der Waals surface area contributed by atoms with Crippen molar-refractivity contribution in [3.05, 3.63) is 47.8 Å². The summed E-state index contributed by atoms with van der Waals surface area (Å²) in [6.45, 7) is 4.20. The van der Waals surface area contributed by atoms with Crippen LogP contribution in [0.5, 0.6) is 0 Å². The van der Waals surface area contributed by atoms with Crippen molar-refractivity contribution < 1.29 is 9.18 Å². The van der Waals surface area contributed by atoms with Gasteiger partial charge in [-0.3, -0.25) is 4.79 Å². The number of nitrogens with one attached hydrogen (secondary N) is 1. The van der Waals surface area contributed by atoms with Crippen LogP contribution >= 0.6 is 0 Å². The van der Waals surface area contributed by atoms with Crippen molar-refractivity contribution >= 4 is 11.6 Å². The number of anilines is 1. The van der Waals surface area contributed by atoms with Crippen LogP contribution in [-0.4, -0.2) is 33.4 Å². The lowest BCUT2D eigenvalue weighted by molar-refractivity contribution is 0.0708. The fourth-order valence-electron chi connectivity index (χ4n) is 2.58. The zero-order valence-corrected chi connectivity index (χ0v) is 11.8. The summed E-state index contributed by atoms with van der Waals surface area (Å²) in [6.07, 6.45) is 3.64. The number of para-hydroxylation sites is 1. The molecule has 0 bridgehead atoms. The number of imidazole rings is 1. The van der Waals surface area contributed by atoms with Gasteiger partial charge in [0, 0.05) is 32.0 Å². The second kappa shape index (κ2) is 5.55. The first-order chi connectivity index (χ1) is 10.2. The van der Waals surface area contributed by atoms with Gasteiger partial charge in [-0.1, -0.05) is 6.07 Å². The van der Waals surface area contributed by atoms with Gasteiger partial charge in [0.25, 0.3) is 5.91 Å². The number of halogens is 1. The molecule has 21 heavy (non-hydrogen) atoms. The monoisotopic (exact) mass is 288 g/mol. The number of hydrogen-bond donors (Lipinski definition) is 1. The van der Waals surface area contributed by atoms with Gasteiger partial charge in [-0.15, -0.1) is 0 Å². The Bertz CT molecular complexity index is 667. The van der Waals surface area contributed by atoms with Crippen LogP contribution in [0.3, 0.4) is 0 Å². The van der Waals surface area contributed by atoms with Crippen molar-refractivity contribution in [1.29, 1.82) is 0 Å². The number of nitrogens with zero attached hydrogens (tertiary/aromatic N) is 3. The molecule has 0 atom stereocenters. The average molecular weight is 288 g/mol. The summed E-state index contributed by atoms with van der Waals surface area (Å²) in [6, 6.07) is 4.58. The highest BCUT2D eigenvalue weighted by Crippen LogP contribution is 2.23. The van der Waals surface area contributed by atoms with Crippen molar-refractivity contribution in [1.82, 2.24) is 14.5 Å². The number of carbonyl (C=O) groups is 1. The SMILES string of the molecule is CCNc1c(F)cccc1C(=O)N1CCn2ccnc2C1. The van der Waals surface area contributed by atoms with Crippen molar-refractivity contribution in [3.63, 3.8) is 0 Å². The highest BCUT2D eigenvalue weighted by atomic mass is 19.1. The number of aromatic nitrogens is 2. The molecule has 5 nitrogen and oxygen atoms in total. The molecule has 1 aliphatic heterocycles. The summed E-state index contributed by atoms with van der Waals surface area (Å²) in [7, 11) is 0. The quantitative estimate of drug-likeness (QED) is 0.941. The third-order valence-electron chi connectivity index (χ3n) is 3.63. The van der Waals surface area contributed by atoms with Gasteiger partial charge in [-0.2, -0.15) is 0 Å². The Labute approximate surface area is 122 Å². The molecule has 0 spiro atoms. The molecular weight excluding hydrogens is 271 g/mol. The molecule has 1 aliphatic rings. The molecule has 6 heteroatoms. The predicted octanol–water partition coefficient (Wildman–Crippen LogP) is 2.11. The molecule has 1 aromatic heterocycles. The maximum Gasteiger partial charge on any atom is 0.256 e. The van der Waals surface area contributed by atoms with Gasteiger partial charge in [0.2, 0.25) is 0 Å². The summed E-state index contributed by atoms with van der Waals surface area (Å²) < 4.78 is 15.9. The van der Waals surface area contributed by atoms with Gasteiger partial charge in [0.15, 0.2) is 0 Å². The molecule has 110 valence electrons. The molecule has 1 amide bonds. The summed E-state index contributed by atoms with van der Waals surface area (Å²) in [4.78, 5) is 18.6. The molecule has 0 unspecified atom stereocenters. The number of carbonyl (C=O) groups excluding carboxylic acids is 1. The number of rotatable bonds is 3. The Morgan fingerprint density at radius 3 is 3.10 bits per heavy atom. The molecule has 0 aliphatic carbocycles. The molecule has 3 rings (SSSR count). The Morgan fingerprint density at radius 2 is 2.29 bits per heavy atom. The molecule has 0 saturated heterocycles. The van der Waals surface area contributed by atoms with Gasteiger partial charge in [0.05, 0.1) is 17.8 Å². The van der Waals surface area contributed by atoms with Crippen molar-refractivity contribution in [3.8, 4) is 0 Å². The number of fused-ring (bicyclic) bond motifs is 1. The van der Waals surface area contributed by atoms with E-state index in [-0.39, 0.29) is 11.6 Å². The highest BCUT2D eigenvalue weighted by molar-refractivity contribution is 5.99. The zero-order chi connectivity index (χ0) is 14.8. The summed E-state index contributed by atoms with van der Waals surface area (Å²) >= 11 is 0. The van der Waals surface area contributed by atoms with E-state index in [9.17, 15) is 9.18 Å². The second-order valence-corrected chi connectivity index (χ2v) is 4.96. The smallest absolute Gasteiger partial charge is 0.256 e. The normalized spacial score (nSPS) is 13.9. The Balaban J connectivity index is 1.88. The van der Waals surface area contributed by atoms with Crippen LogP contribution in [0.15, 0.2) is 30.6 Å². The minimum atomic E-state index is -0.402. The first-order valence-electron chi connectivity index (χ1n) is 7.02. The van der Waals surface area contributed by atoms with E-state index < -0.39 is 5.82 Å². The van der Waals surface area contributed by atoms with Crippen LogP contribution in [-0.2, 0) is 13.1 Å². The van der Waals surface area contributed by atoms with Gasteiger partial charge < -0.3 is 14.8 Å². The molecule has 1 aromatic carbocycles. The van der Waals surface area contributed by atoms with E-state index in [0.717, 1.165) is 5.82 Å². The summed E-state index contributed by atoms with van der Waals surface area (Å²) in [5.74, 6) is 0.289. The van der Waals surface area contributed by atoms with Gasteiger partial charge >= 0.3 is 0 Å². The molecule has 2 aromatic rings. The van der Waals surface area contributed by atoms with E-state index in [4.69, 9.17) is 0 Å². The van der Waals surface area contributed by atoms with Crippen LogP contribution in [0, 0.1) is 5.82 Å². The van der Waals surface area contributed by atoms with E-state index in [2.05, 4.69) is 10.3 Å². The fraction of sp³-hybridized carbons (Fsp3) is 0.333. The lowest BCUT2D eigenvalue weighted by atomic mass is 10.1. The molecule has 1 N–H and O–H groups in total. The van der Waals surface area contributed by atoms with Crippen molar-refractivity contribution in [2.75, 3.05) is 18.4 Å². The number of amides is 1. The third kappa shape index (κ3) is 2.49. The van der Waals surface area contributed by atoms with Crippen LogP contribution in [0.25, 0.3) is 0 Å². The standard InChI is InChI=1S/C15H17FN4O/c1-2-17-14-11(4-3-5-12(14)16)15(21)20-9-8-19-7-6-18-13(19)10-20/h3-7,17H,2,8-10H2,1H3. The maximum absolute atomic E-state index is 13.9. The van der Waals surface area contributed by atoms with E-state index in [0.29, 0.717) is 31.7 Å². The lowest BCUT2D eigenvalue weighted by Crippen LogP contribution is -2.38. The average Bonchev–Trinajstić information content (AvgIpc) is 2.96. The van der Waals surface area contributed by atoms with E-state index in [1.54, 1.807) is 23.2 Å². The van der Waals surface area contributed by atoms with Crippen molar-refractivity contribution in [2.24, 2.45) is 0 Å². The first-order valence-corrected chi connectivity index (χ1v) is 7.02. The van der Waals surface area contributed by atoms with Gasteiger partial charge in [-0.05, 0) is 19.1 Å². The van der Waals surface area contributed by atoms with E-state index >= 15 is 0 Å². The van der Waals surface area contributed by atoms with E-state index in [1.807, 2.05) is 17.7 Å². The highest BCUT2D eigenvalue weighted by Gasteiger charge is 2.24. The van der Waals surface area contributed by atoms with Crippen LogP contribution in [0.4, 0.5) is 10.1 Å². The van der Waals surface area contributed by atoms with Gasteiger partial charge in [0.1, 0.15) is 11.6 Å². The largest absolute Gasteiger partial charge is 0.382 e. The number of benzene rings is 1. The second-order valence-electron chi connectivity index (χ2n) is 4.96. The fourth-order valence-corrected chi connectivity index (χ4v) is 2.58.